The van der Waals surface area contributed by atoms with Crippen molar-refractivity contribution in [3.63, 3.8) is 0 Å². The van der Waals surface area contributed by atoms with Gasteiger partial charge in [-0.05, 0) is 50.2 Å². The lowest BCUT2D eigenvalue weighted by Gasteiger charge is -2.00. The van der Waals surface area contributed by atoms with E-state index in [9.17, 15) is 24.0 Å². The summed E-state index contributed by atoms with van der Waals surface area (Å²) in [6.07, 6.45) is 0. The Labute approximate surface area is 255 Å². The molecule has 1 heterocycles. The zero-order valence-corrected chi connectivity index (χ0v) is 25.7. The molecule has 4 aromatic rings. The number of methoxy groups -OCH3 is 2. The van der Waals surface area contributed by atoms with Gasteiger partial charge in [-0.3, -0.25) is 9.59 Å². The van der Waals surface area contributed by atoms with Gasteiger partial charge in [-0.1, -0.05) is 52.3 Å². The maximum Gasteiger partial charge on any atom is 0.337 e. The largest absolute Gasteiger partial charge is 0.478 e. The van der Waals surface area contributed by atoms with Crippen LogP contribution in [0.1, 0.15) is 63.7 Å². The molecule has 3 aromatic carbocycles. The van der Waals surface area contributed by atoms with Crippen LogP contribution in [0.3, 0.4) is 0 Å². The molecular formula is C31H28BrNO8S. The number of carboxylic acids is 1. The number of carbonyl (C=O) groups is 5. The molecular weight excluding hydrogens is 626 g/mol. The lowest BCUT2D eigenvalue weighted by Crippen LogP contribution is -2.03. The van der Waals surface area contributed by atoms with Crippen molar-refractivity contribution < 1.29 is 38.6 Å². The van der Waals surface area contributed by atoms with Gasteiger partial charge in [0.25, 0.3) is 0 Å². The highest BCUT2D eigenvalue weighted by atomic mass is 79.9. The van der Waals surface area contributed by atoms with Crippen LogP contribution in [-0.4, -0.2) is 59.1 Å². The molecule has 0 aliphatic heterocycles. The summed E-state index contributed by atoms with van der Waals surface area (Å²) in [5, 5.41) is 12.0. The first-order chi connectivity index (χ1) is 20.0. The Hall–Kier alpha value is -4.48. The van der Waals surface area contributed by atoms with Crippen molar-refractivity contribution in [1.82, 2.24) is 4.98 Å². The number of hydrogen-bond donors (Lipinski definition) is 1. The second-order valence-corrected chi connectivity index (χ2v) is 10.0. The van der Waals surface area contributed by atoms with Crippen LogP contribution in [0.2, 0.25) is 0 Å². The fraction of sp³-hybridized carbons (Fsp3) is 0.161. The number of carbonyl (C=O) groups excluding carboxylic acids is 4. The molecule has 0 saturated carbocycles. The molecule has 42 heavy (non-hydrogen) atoms. The van der Waals surface area contributed by atoms with Crippen LogP contribution >= 0.6 is 27.3 Å². The number of ether oxygens (including phenoxy) is 2. The molecule has 0 aliphatic carbocycles. The number of ketones is 2. The second kappa shape index (κ2) is 16.7. The number of benzene rings is 3. The summed E-state index contributed by atoms with van der Waals surface area (Å²) in [4.78, 5) is 59.1. The minimum atomic E-state index is -0.906. The van der Waals surface area contributed by atoms with Gasteiger partial charge in [0.2, 0.25) is 0 Å². The third kappa shape index (κ3) is 10.2. The van der Waals surface area contributed by atoms with Gasteiger partial charge in [-0.15, -0.1) is 11.3 Å². The van der Waals surface area contributed by atoms with Crippen molar-refractivity contribution in [2.75, 3.05) is 19.5 Å². The van der Waals surface area contributed by atoms with Crippen LogP contribution in [0.25, 0.3) is 11.3 Å². The summed E-state index contributed by atoms with van der Waals surface area (Å²) in [6.45, 7) is 3.42. The molecule has 0 fully saturated rings. The Kier molecular flexibility index (Phi) is 13.4. The molecule has 9 nitrogen and oxygen atoms in total. The van der Waals surface area contributed by atoms with Crippen molar-refractivity contribution in [2.24, 2.45) is 0 Å². The average molecular weight is 655 g/mol. The first-order valence-corrected chi connectivity index (χ1v) is 14.2. The number of Topliss-reactive ketones (excluding diaryl/α,β-unsaturated/α-hetero) is 2. The van der Waals surface area contributed by atoms with Crippen molar-refractivity contribution >= 4 is 56.7 Å². The minimum Gasteiger partial charge on any atom is -0.478 e. The van der Waals surface area contributed by atoms with E-state index in [1.807, 2.05) is 12.3 Å². The van der Waals surface area contributed by atoms with E-state index >= 15 is 0 Å². The molecule has 1 aromatic heterocycles. The zero-order valence-electron chi connectivity index (χ0n) is 23.3. The molecule has 218 valence electrons. The Morgan fingerprint density at radius 2 is 1.17 bits per heavy atom. The van der Waals surface area contributed by atoms with E-state index in [1.165, 1.54) is 21.1 Å². The molecule has 0 spiro atoms. The molecule has 1 N–H and O–H groups in total. The van der Waals surface area contributed by atoms with Gasteiger partial charge in [-0.2, -0.15) is 0 Å². The van der Waals surface area contributed by atoms with E-state index in [0.29, 0.717) is 27.8 Å². The van der Waals surface area contributed by atoms with Gasteiger partial charge in [0.05, 0.1) is 46.9 Å². The highest BCUT2D eigenvalue weighted by Gasteiger charge is 2.08. The third-order valence-electron chi connectivity index (χ3n) is 5.51. The molecule has 11 heteroatoms. The number of aryl methyl sites for hydroxylation is 1. The van der Waals surface area contributed by atoms with Crippen LogP contribution in [-0.2, 0) is 9.47 Å². The predicted octanol–water partition coefficient (Wildman–Crippen LogP) is 6.54. The number of aromatic nitrogens is 1. The fourth-order valence-electron chi connectivity index (χ4n) is 3.23. The second-order valence-electron chi connectivity index (χ2n) is 8.39. The summed E-state index contributed by atoms with van der Waals surface area (Å²) in [7, 11) is 2.64. The van der Waals surface area contributed by atoms with Crippen LogP contribution in [0, 0.1) is 6.92 Å². The molecule has 0 unspecified atom stereocenters. The van der Waals surface area contributed by atoms with Crippen molar-refractivity contribution in [1.29, 1.82) is 0 Å². The molecule has 0 amide bonds. The van der Waals surface area contributed by atoms with E-state index in [1.54, 1.807) is 84.1 Å². The highest BCUT2D eigenvalue weighted by molar-refractivity contribution is 9.09. The number of rotatable bonds is 7. The zero-order chi connectivity index (χ0) is 31.2. The summed E-state index contributed by atoms with van der Waals surface area (Å²) >= 11 is 4.65. The highest BCUT2D eigenvalue weighted by Crippen LogP contribution is 2.21. The van der Waals surface area contributed by atoms with Gasteiger partial charge < -0.3 is 14.6 Å². The maximum atomic E-state index is 11.2. The summed E-state index contributed by atoms with van der Waals surface area (Å²) < 4.78 is 9.04. The van der Waals surface area contributed by atoms with Crippen LogP contribution in [0.4, 0.5) is 0 Å². The van der Waals surface area contributed by atoms with E-state index in [-0.39, 0.29) is 16.9 Å². The summed E-state index contributed by atoms with van der Waals surface area (Å²) in [5.74, 6) is -1.73. The fourth-order valence-corrected chi connectivity index (χ4v) is 4.17. The van der Waals surface area contributed by atoms with Gasteiger partial charge in [-0.25, -0.2) is 19.4 Å². The molecule has 4 rings (SSSR count). The number of esters is 2. The average Bonchev–Trinajstić information content (AvgIpc) is 3.46. The maximum absolute atomic E-state index is 11.2. The molecule has 0 bridgehead atoms. The topological polar surface area (TPSA) is 137 Å². The smallest absolute Gasteiger partial charge is 0.337 e. The van der Waals surface area contributed by atoms with Crippen molar-refractivity contribution in [3.8, 4) is 11.3 Å². The number of hydrogen-bond acceptors (Lipinski definition) is 9. The quantitative estimate of drug-likeness (QED) is 0.134. The van der Waals surface area contributed by atoms with Gasteiger partial charge in [0.15, 0.2) is 11.6 Å². The SMILES string of the molecule is COC(=O)c1ccc(C(=O)CBr)cc1.COC(=O)c1ccc(C(C)=O)cc1.Cc1nc(-c2ccc(C(=O)O)cc2)cs1. The predicted molar refractivity (Wildman–Crippen MR) is 163 cm³/mol. The summed E-state index contributed by atoms with van der Waals surface area (Å²) in [6, 6.07) is 19.4. The lowest BCUT2D eigenvalue weighted by atomic mass is 10.1. The Morgan fingerprint density at radius 1 is 0.738 bits per heavy atom. The first-order valence-electron chi connectivity index (χ1n) is 12.2. The normalized spacial score (nSPS) is 9.74. The van der Waals surface area contributed by atoms with E-state index in [0.717, 1.165) is 16.3 Å². The Morgan fingerprint density at radius 3 is 1.52 bits per heavy atom. The number of alkyl halides is 1. The monoisotopic (exact) mass is 653 g/mol. The van der Waals surface area contributed by atoms with Gasteiger partial charge in [0.1, 0.15) is 0 Å². The first kappa shape index (κ1) is 33.7. The number of nitrogens with zero attached hydrogens (tertiary/aromatic N) is 1. The molecule has 0 radical (unpaired) electrons. The number of halogens is 1. The number of aromatic carboxylic acids is 1. The number of thiazole rings is 1. The van der Waals surface area contributed by atoms with Gasteiger partial charge in [0, 0.05) is 22.1 Å². The molecule has 0 atom stereocenters. The summed E-state index contributed by atoms with van der Waals surface area (Å²) in [5.41, 5.74) is 4.21. The lowest BCUT2D eigenvalue weighted by molar-refractivity contribution is 0.0592. The number of carboxylic acid groups (broad SMARTS) is 1. The van der Waals surface area contributed by atoms with E-state index in [4.69, 9.17) is 5.11 Å². The van der Waals surface area contributed by atoms with E-state index in [2.05, 4.69) is 30.4 Å². The Balaban J connectivity index is 0.000000221. The van der Waals surface area contributed by atoms with Crippen LogP contribution < -0.4 is 0 Å². The molecule has 0 aliphatic rings. The van der Waals surface area contributed by atoms with Crippen molar-refractivity contribution in [3.05, 3.63) is 111 Å². The van der Waals surface area contributed by atoms with Crippen molar-refractivity contribution in [2.45, 2.75) is 13.8 Å². The molecule has 0 saturated heterocycles. The van der Waals surface area contributed by atoms with Crippen LogP contribution in [0.5, 0.6) is 0 Å². The third-order valence-corrected chi connectivity index (χ3v) is 6.79. The van der Waals surface area contributed by atoms with Gasteiger partial charge >= 0.3 is 17.9 Å². The standard InChI is InChI=1S/C11H9NO2S.C10H9BrO3.C10H10O3/c1-7-12-10(6-15-7)8-2-4-9(5-3-8)11(13)14;1-14-10(13)8-4-2-7(3-5-8)9(12)6-11;1-7(11)8-3-5-9(6-4-8)10(12)13-2/h2-6H,1H3,(H,13,14);2-5H,6H2,1H3;3-6H,1-2H3. The van der Waals surface area contributed by atoms with E-state index < -0.39 is 17.9 Å². The van der Waals surface area contributed by atoms with Crippen LogP contribution in [0.15, 0.2) is 78.2 Å². The Bertz CT molecular complexity index is 1490. The minimum absolute atomic E-state index is 0.0126.